The van der Waals surface area contributed by atoms with Gasteiger partial charge in [-0.05, 0) is 12.5 Å². The van der Waals surface area contributed by atoms with Crippen LogP contribution in [-0.2, 0) is 13.1 Å². The zero-order valence-electron chi connectivity index (χ0n) is 16.7. The number of benzene rings is 1. The second kappa shape index (κ2) is 7.21. The van der Waals surface area contributed by atoms with E-state index in [-0.39, 0.29) is 24.2 Å². The number of fused-ring (bicyclic) bond motifs is 6. The molecule has 2 fully saturated rings. The lowest BCUT2D eigenvalue weighted by Gasteiger charge is -2.42. The van der Waals surface area contributed by atoms with Crippen molar-refractivity contribution in [2.45, 2.75) is 43.9 Å². The molecule has 1 aromatic heterocycles. The highest BCUT2D eigenvalue weighted by Gasteiger charge is 2.63. The fraction of sp³-hybridized carbons (Fsp3) is 0.381. The van der Waals surface area contributed by atoms with Crippen LogP contribution in [0.2, 0.25) is 5.02 Å². The Bertz CT molecular complexity index is 1280. The van der Waals surface area contributed by atoms with Crippen LogP contribution in [-0.4, -0.2) is 44.4 Å². The SMILES string of the molecule is O=C(NCc1ccc(F)c(Cl)c1F)c1cn2c(c(O)c1=O)C(=O)N1[C@@H]3C[C@H]([C@@H]1C2)C(F)(F)C3. The molecule has 2 amide bonds. The van der Waals surface area contributed by atoms with Crippen LogP contribution < -0.4 is 10.7 Å². The molecule has 1 saturated heterocycles. The van der Waals surface area contributed by atoms with Gasteiger partial charge in [-0.3, -0.25) is 14.4 Å². The van der Waals surface area contributed by atoms with Crippen molar-refractivity contribution in [1.82, 2.24) is 14.8 Å². The Kier molecular flexibility index (Phi) is 4.75. The molecule has 0 radical (unpaired) electrons. The number of rotatable bonds is 3. The number of carbonyl (C=O) groups is 2. The van der Waals surface area contributed by atoms with Crippen molar-refractivity contribution in [1.29, 1.82) is 0 Å². The van der Waals surface area contributed by atoms with Gasteiger partial charge >= 0.3 is 0 Å². The number of alkyl halides is 2. The van der Waals surface area contributed by atoms with Gasteiger partial charge in [0.2, 0.25) is 5.43 Å². The van der Waals surface area contributed by atoms with Crippen molar-refractivity contribution in [3.05, 3.63) is 62.0 Å². The van der Waals surface area contributed by atoms with Crippen LogP contribution in [0.3, 0.4) is 0 Å². The van der Waals surface area contributed by atoms with Crippen molar-refractivity contribution in [3.8, 4) is 5.75 Å². The third-order valence-electron chi connectivity index (χ3n) is 6.67. The van der Waals surface area contributed by atoms with Crippen LogP contribution in [0, 0.1) is 17.6 Å². The smallest absolute Gasteiger partial charge is 0.275 e. The fourth-order valence-electron chi connectivity index (χ4n) is 5.14. The lowest BCUT2D eigenvalue weighted by molar-refractivity contribution is -0.0887. The number of hydrogen-bond acceptors (Lipinski definition) is 4. The predicted octanol–water partition coefficient (Wildman–Crippen LogP) is 2.67. The Morgan fingerprint density at radius 1 is 1.27 bits per heavy atom. The summed E-state index contributed by atoms with van der Waals surface area (Å²) in [6.07, 6.45) is 0.692. The van der Waals surface area contributed by atoms with Crippen LogP contribution in [0.25, 0.3) is 0 Å². The van der Waals surface area contributed by atoms with Crippen molar-refractivity contribution in [3.63, 3.8) is 0 Å². The van der Waals surface area contributed by atoms with Gasteiger partial charge in [0.15, 0.2) is 11.4 Å². The van der Waals surface area contributed by atoms with E-state index in [1.165, 1.54) is 4.90 Å². The first-order valence-corrected chi connectivity index (χ1v) is 10.5. The Hall–Kier alpha value is -3.08. The van der Waals surface area contributed by atoms with Gasteiger partial charge in [-0.1, -0.05) is 17.7 Å². The number of nitrogens with zero attached hydrogens (tertiary/aromatic N) is 2. The molecule has 2 aliphatic heterocycles. The number of amides is 2. The van der Waals surface area contributed by atoms with E-state index >= 15 is 0 Å². The fourth-order valence-corrected chi connectivity index (χ4v) is 5.32. The Balaban J connectivity index is 1.45. The molecule has 7 nitrogen and oxygen atoms in total. The molecule has 1 saturated carbocycles. The Morgan fingerprint density at radius 3 is 2.73 bits per heavy atom. The molecule has 3 atom stereocenters. The maximum absolute atomic E-state index is 14.2. The minimum absolute atomic E-state index is 0.117. The van der Waals surface area contributed by atoms with Crippen LogP contribution in [0.1, 0.15) is 39.3 Å². The topological polar surface area (TPSA) is 91.6 Å². The first-order valence-electron chi connectivity index (χ1n) is 10.1. The third kappa shape index (κ3) is 3.12. The molecule has 1 aromatic carbocycles. The largest absolute Gasteiger partial charge is 0.503 e. The molecule has 0 spiro atoms. The average molecular weight is 486 g/mol. The second-order valence-electron chi connectivity index (χ2n) is 8.48. The Morgan fingerprint density at radius 2 is 2.00 bits per heavy atom. The van der Waals surface area contributed by atoms with Gasteiger partial charge < -0.3 is 19.9 Å². The van der Waals surface area contributed by atoms with E-state index in [2.05, 4.69) is 5.32 Å². The molecule has 2 bridgehead atoms. The number of pyridine rings is 1. The highest BCUT2D eigenvalue weighted by Crippen LogP contribution is 2.53. The molecule has 5 rings (SSSR count). The molecule has 12 heteroatoms. The third-order valence-corrected chi connectivity index (χ3v) is 7.01. The van der Waals surface area contributed by atoms with E-state index in [1.807, 2.05) is 0 Å². The van der Waals surface area contributed by atoms with Crippen molar-refractivity contribution < 1.29 is 32.3 Å². The summed E-state index contributed by atoms with van der Waals surface area (Å²) in [6, 6.07) is 0.476. The summed E-state index contributed by atoms with van der Waals surface area (Å²) in [7, 11) is 0. The summed E-state index contributed by atoms with van der Waals surface area (Å²) < 4.78 is 57.0. The summed E-state index contributed by atoms with van der Waals surface area (Å²) in [4.78, 5) is 39.4. The van der Waals surface area contributed by atoms with E-state index in [9.17, 15) is 37.1 Å². The number of hydrogen-bond donors (Lipinski definition) is 2. The summed E-state index contributed by atoms with van der Waals surface area (Å²) >= 11 is 5.51. The van der Waals surface area contributed by atoms with Crippen LogP contribution >= 0.6 is 11.6 Å². The minimum Gasteiger partial charge on any atom is -0.503 e. The quantitative estimate of drug-likeness (QED) is 0.516. The van der Waals surface area contributed by atoms with Crippen LogP contribution in [0.5, 0.6) is 5.75 Å². The molecular formula is C21H16ClF4N3O4. The zero-order chi connectivity index (χ0) is 23.8. The molecule has 174 valence electrons. The van der Waals surface area contributed by atoms with E-state index < -0.39 is 82.1 Å². The minimum atomic E-state index is -2.93. The number of aromatic nitrogens is 1. The van der Waals surface area contributed by atoms with Gasteiger partial charge in [0.25, 0.3) is 17.7 Å². The van der Waals surface area contributed by atoms with Gasteiger partial charge in [0.1, 0.15) is 22.2 Å². The molecular weight excluding hydrogens is 470 g/mol. The van der Waals surface area contributed by atoms with Crippen molar-refractivity contribution >= 4 is 23.4 Å². The summed E-state index contributed by atoms with van der Waals surface area (Å²) in [6.45, 7) is -0.563. The van der Waals surface area contributed by atoms with Gasteiger partial charge in [-0.25, -0.2) is 17.6 Å². The molecule has 0 unspecified atom stereocenters. The van der Waals surface area contributed by atoms with Crippen molar-refractivity contribution in [2.24, 2.45) is 5.92 Å². The van der Waals surface area contributed by atoms with E-state index in [1.54, 1.807) is 0 Å². The zero-order valence-corrected chi connectivity index (χ0v) is 17.5. The maximum Gasteiger partial charge on any atom is 0.275 e. The number of nitrogens with one attached hydrogen (secondary N) is 1. The standard InChI is InChI=1S/C21H16ClF4N3O4/c22-14-12(23)2-1-8(15(14)24)5-27-19(32)10-6-28-7-13-11-3-9(4-21(11,25)26)29(13)20(33)16(28)18(31)17(10)30/h1-2,6,9,11,13,31H,3-5,7H2,(H,27,32)/t9-,11-,13+/m1/s1. The highest BCUT2D eigenvalue weighted by atomic mass is 35.5. The molecule has 2 aromatic rings. The number of halogens is 5. The lowest BCUT2D eigenvalue weighted by Crippen LogP contribution is -2.56. The van der Waals surface area contributed by atoms with Gasteiger partial charge in [-0.15, -0.1) is 0 Å². The van der Waals surface area contributed by atoms with Crippen molar-refractivity contribution in [2.75, 3.05) is 0 Å². The molecule has 3 heterocycles. The second-order valence-corrected chi connectivity index (χ2v) is 8.86. The first kappa shape index (κ1) is 21.7. The van der Waals surface area contributed by atoms with E-state index in [0.29, 0.717) is 0 Å². The monoisotopic (exact) mass is 485 g/mol. The molecule has 2 N–H and O–H groups in total. The number of aromatic hydroxyl groups is 1. The first-order chi connectivity index (χ1) is 15.5. The number of piperidine rings is 1. The van der Waals surface area contributed by atoms with E-state index in [0.717, 1.165) is 22.9 Å². The normalized spacial score (nSPS) is 24.6. The highest BCUT2D eigenvalue weighted by molar-refractivity contribution is 6.30. The van der Waals surface area contributed by atoms with Crippen LogP contribution in [0.15, 0.2) is 23.1 Å². The van der Waals surface area contributed by atoms with Gasteiger partial charge in [0.05, 0.1) is 6.04 Å². The molecule has 33 heavy (non-hydrogen) atoms. The lowest BCUT2D eigenvalue weighted by atomic mass is 9.92. The number of carbonyl (C=O) groups excluding carboxylic acids is 2. The maximum atomic E-state index is 14.2. The molecule has 1 aliphatic carbocycles. The molecule has 3 aliphatic rings. The summed E-state index contributed by atoms with van der Waals surface area (Å²) in [5.41, 5.74) is -2.19. The average Bonchev–Trinajstić information content (AvgIpc) is 3.27. The van der Waals surface area contributed by atoms with Gasteiger partial charge in [0, 0.05) is 43.2 Å². The summed E-state index contributed by atoms with van der Waals surface area (Å²) in [5.74, 6) is -8.73. The Labute approximate surface area is 188 Å². The predicted molar refractivity (Wildman–Crippen MR) is 106 cm³/mol. The summed E-state index contributed by atoms with van der Waals surface area (Å²) in [5, 5.41) is 11.9. The van der Waals surface area contributed by atoms with Gasteiger partial charge in [-0.2, -0.15) is 0 Å². The van der Waals surface area contributed by atoms with E-state index in [4.69, 9.17) is 11.6 Å². The van der Waals surface area contributed by atoms with Crippen LogP contribution in [0.4, 0.5) is 17.6 Å².